The van der Waals surface area contributed by atoms with Crippen LogP contribution in [0.15, 0.2) is 48.1 Å². The summed E-state index contributed by atoms with van der Waals surface area (Å²) in [6.45, 7) is 2.30. The number of rotatable bonds is 4. The van der Waals surface area contributed by atoms with E-state index in [9.17, 15) is 4.79 Å². The monoisotopic (exact) mass is 314 g/mol. The molecule has 0 spiro atoms. The van der Waals surface area contributed by atoms with Gasteiger partial charge >= 0.3 is 0 Å². The standard InChI is InChI=1S/C20H23ClO/c1-14(17-3-2-4-19(21)13-17)11-15-5-6-18(12-15)16-7-9-20(22)10-8-16/h2-4,7-9,13-15,18H,5-6,10-12H2,1H3/t14-,15?,18-/m0/s1. The molecule has 2 heteroatoms. The van der Waals surface area contributed by atoms with E-state index in [2.05, 4.69) is 25.1 Å². The maximum Gasteiger partial charge on any atom is 0.159 e. The molecular weight excluding hydrogens is 292 g/mol. The molecule has 1 saturated carbocycles. The van der Waals surface area contributed by atoms with E-state index in [-0.39, 0.29) is 5.78 Å². The number of allylic oxidation sites excluding steroid dienone is 4. The zero-order valence-corrected chi connectivity index (χ0v) is 13.9. The van der Waals surface area contributed by atoms with Crippen molar-refractivity contribution in [1.29, 1.82) is 0 Å². The molecule has 1 aromatic rings. The number of hydrogen-bond acceptors (Lipinski definition) is 1. The third kappa shape index (κ3) is 3.70. The predicted octanol–water partition coefficient (Wildman–Crippen LogP) is 5.71. The maximum atomic E-state index is 11.3. The van der Waals surface area contributed by atoms with Gasteiger partial charge in [-0.05, 0) is 72.8 Å². The van der Waals surface area contributed by atoms with Crippen LogP contribution in [0.1, 0.15) is 50.5 Å². The van der Waals surface area contributed by atoms with Crippen molar-refractivity contribution in [3.63, 3.8) is 0 Å². The molecule has 2 aliphatic carbocycles. The number of carbonyl (C=O) groups excluding carboxylic acids is 1. The predicted molar refractivity (Wildman–Crippen MR) is 92.2 cm³/mol. The van der Waals surface area contributed by atoms with E-state index in [0.29, 0.717) is 18.3 Å². The molecule has 0 radical (unpaired) electrons. The summed E-state index contributed by atoms with van der Waals surface area (Å²) in [6, 6.07) is 8.25. The fraction of sp³-hybridized carbons (Fsp3) is 0.450. The van der Waals surface area contributed by atoms with Gasteiger partial charge in [-0.3, -0.25) is 4.79 Å². The van der Waals surface area contributed by atoms with Crippen molar-refractivity contribution < 1.29 is 4.79 Å². The van der Waals surface area contributed by atoms with Gasteiger partial charge in [0.15, 0.2) is 5.78 Å². The molecular formula is C20H23ClO. The first-order chi connectivity index (χ1) is 10.6. The van der Waals surface area contributed by atoms with Crippen molar-refractivity contribution >= 4 is 17.4 Å². The van der Waals surface area contributed by atoms with Crippen molar-refractivity contribution in [2.24, 2.45) is 11.8 Å². The number of ketones is 1. The molecule has 0 aliphatic heterocycles. The first kappa shape index (κ1) is 15.6. The second-order valence-corrected chi connectivity index (χ2v) is 7.21. The lowest BCUT2D eigenvalue weighted by atomic mass is 9.87. The highest BCUT2D eigenvalue weighted by molar-refractivity contribution is 6.30. The largest absolute Gasteiger partial charge is 0.295 e. The van der Waals surface area contributed by atoms with E-state index in [0.717, 1.165) is 10.9 Å². The van der Waals surface area contributed by atoms with Gasteiger partial charge in [-0.1, -0.05) is 42.8 Å². The van der Waals surface area contributed by atoms with Gasteiger partial charge in [0.25, 0.3) is 0 Å². The van der Waals surface area contributed by atoms with Crippen LogP contribution in [0.25, 0.3) is 0 Å². The molecule has 0 saturated heterocycles. The smallest absolute Gasteiger partial charge is 0.159 e. The number of hydrogen-bond donors (Lipinski definition) is 0. The first-order valence-corrected chi connectivity index (χ1v) is 8.66. The van der Waals surface area contributed by atoms with Crippen molar-refractivity contribution in [1.82, 2.24) is 0 Å². The Balaban J connectivity index is 1.57. The van der Waals surface area contributed by atoms with Crippen LogP contribution in [0.3, 0.4) is 0 Å². The van der Waals surface area contributed by atoms with Crippen molar-refractivity contribution in [2.75, 3.05) is 0 Å². The van der Waals surface area contributed by atoms with Crippen molar-refractivity contribution in [2.45, 2.75) is 44.9 Å². The lowest BCUT2D eigenvalue weighted by Gasteiger charge is -2.18. The molecule has 3 atom stereocenters. The summed E-state index contributed by atoms with van der Waals surface area (Å²) < 4.78 is 0. The van der Waals surface area contributed by atoms with Gasteiger partial charge < -0.3 is 0 Å². The Bertz CT molecular complexity index is 614. The summed E-state index contributed by atoms with van der Waals surface area (Å²) in [5.74, 6) is 2.22. The molecule has 3 rings (SSSR count). The molecule has 0 aromatic heterocycles. The highest BCUT2D eigenvalue weighted by Gasteiger charge is 2.28. The molecule has 1 unspecified atom stereocenters. The van der Waals surface area contributed by atoms with Crippen molar-refractivity contribution in [3.8, 4) is 0 Å². The summed E-state index contributed by atoms with van der Waals surface area (Å²) in [7, 11) is 0. The Morgan fingerprint density at radius 3 is 2.86 bits per heavy atom. The molecule has 0 N–H and O–H groups in total. The SMILES string of the molecule is C[C@@H](CC1CC[C@H](C2=CCC(=O)C=C2)C1)c1cccc(Cl)c1. The third-order valence-corrected chi connectivity index (χ3v) is 5.35. The molecule has 1 fully saturated rings. The lowest BCUT2D eigenvalue weighted by molar-refractivity contribution is -0.113. The van der Waals surface area contributed by atoms with Crippen LogP contribution in [-0.2, 0) is 4.79 Å². The number of benzene rings is 1. The quantitative estimate of drug-likeness (QED) is 0.696. The zero-order chi connectivity index (χ0) is 15.5. The summed E-state index contributed by atoms with van der Waals surface area (Å²) in [4.78, 5) is 11.3. The normalized spacial score (nSPS) is 26.1. The fourth-order valence-electron chi connectivity index (χ4n) is 3.89. The average molecular weight is 315 g/mol. The van der Waals surface area contributed by atoms with Gasteiger partial charge in [-0.2, -0.15) is 0 Å². The molecule has 0 heterocycles. The van der Waals surface area contributed by atoms with Crippen LogP contribution >= 0.6 is 11.6 Å². The molecule has 1 nitrogen and oxygen atoms in total. The summed E-state index contributed by atoms with van der Waals surface area (Å²) in [6.07, 6.45) is 11.6. The average Bonchev–Trinajstić information content (AvgIpc) is 2.96. The highest BCUT2D eigenvalue weighted by Crippen LogP contribution is 2.41. The van der Waals surface area contributed by atoms with Gasteiger partial charge in [-0.15, -0.1) is 0 Å². The minimum Gasteiger partial charge on any atom is -0.295 e. The van der Waals surface area contributed by atoms with Gasteiger partial charge in [-0.25, -0.2) is 0 Å². The van der Waals surface area contributed by atoms with Crippen molar-refractivity contribution in [3.05, 3.63) is 58.7 Å². The van der Waals surface area contributed by atoms with Crippen LogP contribution < -0.4 is 0 Å². The highest BCUT2D eigenvalue weighted by atomic mass is 35.5. The van der Waals surface area contributed by atoms with Gasteiger partial charge in [0.2, 0.25) is 0 Å². The van der Waals surface area contributed by atoms with E-state index in [1.165, 1.54) is 36.8 Å². The fourth-order valence-corrected chi connectivity index (χ4v) is 4.09. The second-order valence-electron chi connectivity index (χ2n) is 6.78. The van der Waals surface area contributed by atoms with Gasteiger partial charge in [0.1, 0.15) is 0 Å². The molecule has 0 amide bonds. The van der Waals surface area contributed by atoms with Crippen LogP contribution in [0, 0.1) is 11.8 Å². The molecule has 0 bridgehead atoms. The van der Waals surface area contributed by atoms with Gasteiger partial charge in [0.05, 0.1) is 0 Å². The van der Waals surface area contributed by atoms with E-state index in [1.807, 2.05) is 18.2 Å². The molecule has 116 valence electrons. The molecule has 22 heavy (non-hydrogen) atoms. The summed E-state index contributed by atoms with van der Waals surface area (Å²) in [5.41, 5.74) is 2.73. The van der Waals surface area contributed by atoms with E-state index in [4.69, 9.17) is 11.6 Å². The third-order valence-electron chi connectivity index (χ3n) is 5.12. The van der Waals surface area contributed by atoms with Gasteiger partial charge in [0, 0.05) is 11.4 Å². The van der Waals surface area contributed by atoms with Crippen LogP contribution in [0.2, 0.25) is 5.02 Å². The Labute approximate surface area is 138 Å². The zero-order valence-electron chi connectivity index (χ0n) is 13.1. The Morgan fingerprint density at radius 1 is 1.27 bits per heavy atom. The summed E-state index contributed by atoms with van der Waals surface area (Å²) in [5, 5.41) is 0.829. The number of halogens is 1. The Hall–Kier alpha value is -1.34. The Morgan fingerprint density at radius 2 is 2.14 bits per heavy atom. The van der Waals surface area contributed by atoms with Crippen LogP contribution in [-0.4, -0.2) is 5.78 Å². The van der Waals surface area contributed by atoms with E-state index in [1.54, 1.807) is 6.08 Å². The maximum absolute atomic E-state index is 11.3. The lowest BCUT2D eigenvalue weighted by Crippen LogP contribution is -2.06. The van der Waals surface area contributed by atoms with E-state index < -0.39 is 0 Å². The van der Waals surface area contributed by atoms with E-state index >= 15 is 0 Å². The minimum atomic E-state index is 0.230. The van der Waals surface area contributed by atoms with Crippen LogP contribution in [0.4, 0.5) is 0 Å². The summed E-state index contributed by atoms with van der Waals surface area (Å²) >= 11 is 6.10. The molecule has 2 aliphatic rings. The Kier molecular flexibility index (Phi) is 4.83. The second kappa shape index (κ2) is 6.83. The molecule has 1 aromatic carbocycles. The first-order valence-electron chi connectivity index (χ1n) is 8.28. The van der Waals surface area contributed by atoms with Crippen LogP contribution in [0.5, 0.6) is 0 Å². The topological polar surface area (TPSA) is 17.1 Å². The minimum absolute atomic E-state index is 0.230. The number of carbonyl (C=O) groups is 1.